The lowest BCUT2D eigenvalue weighted by atomic mass is 9.83. The Morgan fingerprint density at radius 2 is 1.88 bits per heavy atom. The Morgan fingerprint density at radius 1 is 1.16 bits per heavy atom. The Hall–Kier alpha value is -0.520. The number of rotatable bonds is 5. The van der Waals surface area contributed by atoms with Crippen LogP contribution in [0.15, 0.2) is 24.3 Å². The van der Waals surface area contributed by atoms with Crippen molar-refractivity contribution in [2.75, 3.05) is 26.2 Å². The van der Waals surface area contributed by atoms with E-state index in [1.165, 1.54) is 5.56 Å². The number of carbonyl (C=O) groups excluding carboxylic acids is 1. The Morgan fingerprint density at radius 3 is 2.56 bits per heavy atom. The first-order valence-electron chi connectivity index (χ1n) is 8.63. The zero-order chi connectivity index (χ0) is 16.2. The van der Waals surface area contributed by atoms with Crippen LogP contribution in [0.2, 0.25) is 5.02 Å². The zero-order valence-corrected chi connectivity index (χ0v) is 16.8. The van der Waals surface area contributed by atoms with Crippen LogP contribution >= 0.6 is 36.4 Å². The highest BCUT2D eigenvalue weighted by atomic mass is 35.5. The molecule has 0 radical (unpaired) electrons. The summed E-state index contributed by atoms with van der Waals surface area (Å²) in [6.45, 7) is 4.59. The van der Waals surface area contributed by atoms with Gasteiger partial charge in [0.25, 0.3) is 0 Å². The topological polar surface area (TPSA) is 49.6 Å². The summed E-state index contributed by atoms with van der Waals surface area (Å²) in [5, 5.41) is 0.786. The SMILES string of the molecule is Cl.Cl.NCCCN1C(=O)CC[C@H]2CN(Cc3ccc(Cl)cc3)CC[C@H]21. The summed E-state index contributed by atoms with van der Waals surface area (Å²) in [6, 6.07) is 8.54. The largest absolute Gasteiger partial charge is 0.339 e. The maximum absolute atomic E-state index is 12.2. The van der Waals surface area contributed by atoms with Gasteiger partial charge in [0.15, 0.2) is 0 Å². The molecule has 0 unspecified atom stereocenters. The molecule has 1 amide bonds. The zero-order valence-electron chi connectivity index (χ0n) is 14.4. The minimum Gasteiger partial charge on any atom is -0.339 e. The molecule has 7 heteroatoms. The van der Waals surface area contributed by atoms with Gasteiger partial charge in [-0.1, -0.05) is 23.7 Å². The molecule has 2 heterocycles. The molecule has 142 valence electrons. The van der Waals surface area contributed by atoms with Gasteiger partial charge in [-0.3, -0.25) is 9.69 Å². The second-order valence-electron chi connectivity index (χ2n) is 6.75. The predicted molar refractivity (Wildman–Crippen MR) is 108 cm³/mol. The van der Waals surface area contributed by atoms with Crippen molar-refractivity contribution in [3.8, 4) is 0 Å². The van der Waals surface area contributed by atoms with Gasteiger partial charge in [0, 0.05) is 43.7 Å². The van der Waals surface area contributed by atoms with Crippen molar-refractivity contribution in [2.45, 2.75) is 38.3 Å². The lowest BCUT2D eigenvalue weighted by molar-refractivity contribution is -0.141. The summed E-state index contributed by atoms with van der Waals surface area (Å²) >= 11 is 5.96. The van der Waals surface area contributed by atoms with Gasteiger partial charge in [0.05, 0.1) is 0 Å². The van der Waals surface area contributed by atoms with Crippen molar-refractivity contribution < 1.29 is 4.79 Å². The summed E-state index contributed by atoms with van der Waals surface area (Å²) in [5.41, 5.74) is 6.93. The van der Waals surface area contributed by atoms with E-state index in [1.54, 1.807) is 0 Å². The number of nitrogens with zero attached hydrogens (tertiary/aromatic N) is 2. The van der Waals surface area contributed by atoms with Gasteiger partial charge >= 0.3 is 0 Å². The first-order valence-corrected chi connectivity index (χ1v) is 9.01. The minimum atomic E-state index is 0. The van der Waals surface area contributed by atoms with Crippen LogP contribution in [0.25, 0.3) is 0 Å². The van der Waals surface area contributed by atoms with Crippen molar-refractivity contribution in [3.63, 3.8) is 0 Å². The average molecular weight is 409 g/mol. The third-order valence-corrected chi connectivity index (χ3v) is 5.40. The van der Waals surface area contributed by atoms with Crippen molar-refractivity contribution >= 4 is 42.3 Å². The molecule has 25 heavy (non-hydrogen) atoms. The summed E-state index contributed by atoms with van der Waals surface area (Å²) < 4.78 is 0. The van der Waals surface area contributed by atoms with Gasteiger partial charge in [-0.15, -0.1) is 24.8 Å². The van der Waals surface area contributed by atoms with E-state index >= 15 is 0 Å². The Bertz CT molecular complexity index is 541. The van der Waals surface area contributed by atoms with Crippen LogP contribution in [0, 0.1) is 5.92 Å². The molecule has 0 aliphatic carbocycles. The normalized spacial score (nSPS) is 23.4. The number of benzene rings is 1. The van der Waals surface area contributed by atoms with E-state index in [2.05, 4.69) is 21.9 Å². The van der Waals surface area contributed by atoms with Crippen LogP contribution in [0.5, 0.6) is 0 Å². The number of piperidine rings is 2. The smallest absolute Gasteiger partial charge is 0.222 e. The van der Waals surface area contributed by atoms with Gasteiger partial charge in [-0.2, -0.15) is 0 Å². The van der Waals surface area contributed by atoms with E-state index in [0.29, 0.717) is 30.8 Å². The van der Waals surface area contributed by atoms with Gasteiger partial charge < -0.3 is 10.6 Å². The van der Waals surface area contributed by atoms with Crippen LogP contribution in [0.3, 0.4) is 0 Å². The highest BCUT2D eigenvalue weighted by Gasteiger charge is 2.38. The monoisotopic (exact) mass is 407 g/mol. The van der Waals surface area contributed by atoms with E-state index in [1.807, 2.05) is 12.1 Å². The molecule has 0 aromatic heterocycles. The quantitative estimate of drug-likeness (QED) is 0.813. The van der Waals surface area contributed by atoms with Gasteiger partial charge in [0.2, 0.25) is 5.91 Å². The number of likely N-dealkylation sites (tertiary alicyclic amines) is 2. The van der Waals surface area contributed by atoms with Crippen LogP contribution < -0.4 is 5.73 Å². The predicted octanol–water partition coefficient (Wildman–Crippen LogP) is 3.35. The molecule has 0 bridgehead atoms. The standard InChI is InChI=1S/C18H26ClN3O.2ClH/c19-16-5-2-14(3-6-16)12-21-11-8-17-15(13-21)4-7-18(23)22(17)10-1-9-20;;/h2-3,5-6,15,17H,1,4,7-13,20H2;2*1H/t15-,17+;;/m0../s1. The number of nitrogens with two attached hydrogens (primary N) is 1. The minimum absolute atomic E-state index is 0. The highest BCUT2D eigenvalue weighted by Crippen LogP contribution is 2.32. The van der Waals surface area contributed by atoms with Crippen LogP contribution in [0.1, 0.15) is 31.2 Å². The second-order valence-corrected chi connectivity index (χ2v) is 7.18. The highest BCUT2D eigenvalue weighted by molar-refractivity contribution is 6.30. The van der Waals surface area contributed by atoms with Crippen LogP contribution in [-0.2, 0) is 11.3 Å². The first-order chi connectivity index (χ1) is 11.2. The first kappa shape index (κ1) is 22.5. The summed E-state index contributed by atoms with van der Waals surface area (Å²) in [6.07, 6.45) is 3.71. The molecule has 2 aliphatic rings. The summed E-state index contributed by atoms with van der Waals surface area (Å²) in [4.78, 5) is 16.8. The average Bonchev–Trinajstić information content (AvgIpc) is 2.56. The molecule has 3 rings (SSSR count). The number of halogens is 3. The molecule has 1 aromatic rings. The lowest BCUT2D eigenvalue weighted by Crippen LogP contribution is -2.56. The number of amides is 1. The molecular formula is C18H28Cl3N3O. The lowest BCUT2D eigenvalue weighted by Gasteiger charge is -2.47. The molecule has 2 saturated heterocycles. The van der Waals surface area contributed by atoms with Crippen LogP contribution in [0.4, 0.5) is 0 Å². The Balaban J connectivity index is 0.00000156. The molecule has 4 nitrogen and oxygen atoms in total. The van der Waals surface area contributed by atoms with E-state index in [-0.39, 0.29) is 24.8 Å². The number of fused-ring (bicyclic) bond motifs is 1. The van der Waals surface area contributed by atoms with Gasteiger partial charge in [-0.05, 0) is 49.4 Å². The van der Waals surface area contributed by atoms with Crippen molar-refractivity contribution in [1.82, 2.24) is 9.80 Å². The van der Waals surface area contributed by atoms with E-state index < -0.39 is 0 Å². The third-order valence-electron chi connectivity index (χ3n) is 5.15. The molecule has 2 fully saturated rings. The van der Waals surface area contributed by atoms with Crippen molar-refractivity contribution in [3.05, 3.63) is 34.9 Å². The van der Waals surface area contributed by atoms with E-state index in [0.717, 1.165) is 50.5 Å². The number of hydrogen-bond acceptors (Lipinski definition) is 3. The van der Waals surface area contributed by atoms with Crippen LogP contribution in [-0.4, -0.2) is 47.9 Å². The molecule has 2 atom stereocenters. The maximum Gasteiger partial charge on any atom is 0.222 e. The molecule has 0 spiro atoms. The maximum atomic E-state index is 12.2. The molecule has 2 aliphatic heterocycles. The second kappa shape index (κ2) is 10.6. The number of carbonyl (C=O) groups is 1. The van der Waals surface area contributed by atoms with E-state index in [4.69, 9.17) is 17.3 Å². The van der Waals surface area contributed by atoms with Gasteiger partial charge in [-0.25, -0.2) is 0 Å². The fraction of sp³-hybridized carbons (Fsp3) is 0.611. The summed E-state index contributed by atoms with van der Waals surface area (Å²) in [5.74, 6) is 0.928. The van der Waals surface area contributed by atoms with Gasteiger partial charge in [0.1, 0.15) is 0 Å². The third kappa shape index (κ3) is 5.73. The fourth-order valence-corrected chi connectivity index (χ4v) is 4.10. The molecular weight excluding hydrogens is 381 g/mol. The summed E-state index contributed by atoms with van der Waals surface area (Å²) in [7, 11) is 0. The van der Waals surface area contributed by atoms with E-state index in [9.17, 15) is 4.79 Å². The molecule has 1 aromatic carbocycles. The fourth-order valence-electron chi connectivity index (χ4n) is 3.97. The Labute approximate surface area is 167 Å². The van der Waals surface area contributed by atoms with Crippen molar-refractivity contribution in [2.24, 2.45) is 11.7 Å². The Kier molecular flexibility index (Phi) is 9.54. The van der Waals surface area contributed by atoms with Crippen molar-refractivity contribution in [1.29, 1.82) is 0 Å². The molecule has 0 saturated carbocycles. The molecule has 2 N–H and O–H groups in total. The number of hydrogen-bond donors (Lipinski definition) is 1.